The molecule has 0 aromatic rings. The zero-order valence-corrected chi connectivity index (χ0v) is 34.7. The third-order valence-corrected chi connectivity index (χ3v) is 10.7. The molecule has 2 unspecified atom stereocenters. The molecule has 0 aliphatic carbocycles. The second kappa shape index (κ2) is 38.1. The van der Waals surface area contributed by atoms with Crippen LogP contribution in [0.15, 0.2) is 0 Å². The van der Waals surface area contributed by atoms with Crippen molar-refractivity contribution >= 4 is 17.9 Å². The van der Waals surface area contributed by atoms with Gasteiger partial charge in [-0.2, -0.15) is 0 Å². The Morgan fingerprint density at radius 3 is 1.02 bits per heavy atom. The van der Waals surface area contributed by atoms with Gasteiger partial charge in [-0.1, -0.05) is 202 Å². The monoisotopic (exact) mass is 723 g/mol. The maximum absolute atomic E-state index is 12.7. The standard InChI is InChI=1S/C45H86O6/c1-6-9-10-11-12-15-19-25-30-35-43(46)49-38-42(51-45(48)37-32-27-22-21-24-29-34-41(5)8-3)39-50-44(47)36-31-26-20-17-14-13-16-18-23-28-33-40(4)7-2/h40-42H,6-39H2,1-5H3/t40?,41?,42-/m0/s1. The first kappa shape index (κ1) is 49.4. The van der Waals surface area contributed by atoms with E-state index >= 15 is 0 Å². The van der Waals surface area contributed by atoms with E-state index in [0.717, 1.165) is 69.6 Å². The van der Waals surface area contributed by atoms with Crippen LogP contribution in [0, 0.1) is 11.8 Å². The molecule has 0 fully saturated rings. The van der Waals surface area contributed by atoms with Crippen LogP contribution in [0.2, 0.25) is 0 Å². The zero-order chi connectivity index (χ0) is 37.6. The van der Waals surface area contributed by atoms with Gasteiger partial charge in [0, 0.05) is 19.3 Å². The molecule has 0 aliphatic heterocycles. The van der Waals surface area contributed by atoms with Crippen LogP contribution in [0.1, 0.15) is 240 Å². The Balaban J connectivity index is 4.33. The fraction of sp³-hybridized carbons (Fsp3) is 0.933. The molecule has 0 saturated heterocycles. The molecule has 0 bridgehead atoms. The van der Waals surface area contributed by atoms with E-state index in [4.69, 9.17) is 14.2 Å². The van der Waals surface area contributed by atoms with Crippen molar-refractivity contribution < 1.29 is 28.6 Å². The molecule has 0 N–H and O–H groups in total. The summed E-state index contributed by atoms with van der Waals surface area (Å²) in [6.45, 7) is 11.3. The van der Waals surface area contributed by atoms with Crippen molar-refractivity contribution in [3.63, 3.8) is 0 Å². The number of rotatable bonds is 39. The van der Waals surface area contributed by atoms with Crippen molar-refractivity contribution in [2.75, 3.05) is 13.2 Å². The van der Waals surface area contributed by atoms with Gasteiger partial charge >= 0.3 is 17.9 Å². The summed E-state index contributed by atoms with van der Waals surface area (Å²) in [5.74, 6) is 0.815. The van der Waals surface area contributed by atoms with Crippen molar-refractivity contribution in [2.24, 2.45) is 11.8 Å². The summed E-state index contributed by atoms with van der Waals surface area (Å²) in [5, 5.41) is 0. The molecule has 0 heterocycles. The van der Waals surface area contributed by atoms with Crippen LogP contribution < -0.4 is 0 Å². The number of ether oxygens (including phenoxy) is 3. The van der Waals surface area contributed by atoms with Crippen LogP contribution in [-0.2, 0) is 28.6 Å². The summed E-state index contributed by atoms with van der Waals surface area (Å²) in [4.78, 5) is 37.6. The molecule has 51 heavy (non-hydrogen) atoms. The lowest BCUT2D eigenvalue weighted by molar-refractivity contribution is -0.167. The van der Waals surface area contributed by atoms with E-state index < -0.39 is 6.10 Å². The van der Waals surface area contributed by atoms with E-state index in [1.807, 2.05) is 0 Å². The average Bonchev–Trinajstić information content (AvgIpc) is 3.13. The van der Waals surface area contributed by atoms with Crippen LogP contribution >= 0.6 is 0 Å². The van der Waals surface area contributed by atoms with E-state index in [9.17, 15) is 14.4 Å². The van der Waals surface area contributed by atoms with Gasteiger partial charge in [-0.05, 0) is 31.1 Å². The predicted octanol–water partition coefficient (Wildman–Crippen LogP) is 13.8. The topological polar surface area (TPSA) is 78.9 Å². The van der Waals surface area contributed by atoms with Crippen molar-refractivity contribution in [2.45, 2.75) is 246 Å². The van der Waals surface area contributed by atoms with E-state index in [2.05, 4.69) is 34.6 Å². The lowest BCUT2D eigenvalue weighted by atomic mass is 9.99. The first-order valence-electron chi connectivity index (χ1n) is 22.3. The predicted molar refractivity (Wildman–Crippen MR) is 215 cm³/mol. The highest BCUT2D eigenvalue weighted by Gasteiger charge is 2.19. The van der Waals surface area contributed by atoms with Crippen molar-refractivity contribution in [1.82, 2.24) is 0 Å². The molecule has 6 nitrogen and oxygen atoms in total. The molecule has 302 valence electrons. The van der Waals surface area contributed by atoms with Gasteiger partial charge in [-0.3, -0.25) is 14.4 Å². The molecule has 0 aliphatic rings. The van der Waals surface area contributed by atoms with E-state index in [1.54, 1.807) is 0 Å². The smallest absolute Gasteiger partial charge is 0.306 e. The Hall–Kier alpha value is -1.59. The van der Waals surface area contributed by atoms with Crippen LogP contribution in [0.4, 0.5) is 0 Å². The number of unbranched alkanes of at least 4 members (excludes halogenated alkanes) is 22. The molecule has 0 amide bonds. The quantitative estimate of drug-likeness (QED) is 0.0357. The van der Waals surface area contributed by atoms with E-state index in [0.29, 0.717) is 19.3 Å². The molecule has 0 aromatic heterocycles. The Morgan fingerprint density at radius 1 is 0.392 bits per heavy atom. The molecule has 6 heteroatoms. The highest BCUT2D eigenvalue weighted by Crippen LogP contribution is 2.17. The second-order valence-corrected chi connectivity index (χ2v) is 15.8. The molecule has 3 atom stereocenters. The third-order valence-electron chi connectivity index (χ3n) is 10.7. The maximum Gasteiger partial charge on any atom is 0.306 e. The Kier molecular flexibility index (Phi) is 37.0. The van der Waals surface area contributed by atoms with Gasteiger partial charge in [0.05, 0.1) is 0 Å². The van der Waals surface area contributed by atoms with Gasteiger partial charge in [0.1, 0.15) is 13.2 Å². The summed E-state index contributed by atoms with van der Waals surface area (Å²) in [6, 6.07) is 0. The molecule has 0 rings (SSSR count). The largest absolute Gasteiger partial charge is 0.462 e. The first-order chi connectivity index (χ1) is 24.8. The van der Waals surface area contributed by atoms with Gasteiger partial charge in [0.15, 0.2) is 6.10 Å². The summed E-state index contributed by atoms with van der Waals surface area (Å²) in [5.41, 5.74) is 0. The zero-order valence-electron chi connectivity index (χ0n) is 34.7. The summed E-state index contributed by atoms with van der Waals surface area (Å²) in [7, 11) is 0. The lowest BCUT2D eigenvalue weighted by Crippen LogP contribution is -2.30. The minimum Gasteiger partial charge on any atom is -0.462 e. The Labute approximate surface area is 317 Å². The van der Waals surface area contributed by atoms with E-state index in [1.165, 1.54) is 128 Å². The van der Waals surface area contributed by atoms with Crippen LogP contribution in [-0.4, -0.2) is 37.2 Å². The molecule has 0 aromatic carbocycles. The molecule has 0 saturated carbocycles. The third kappa shape index (κ3) is 36.6. The van der Waals surface area contributed by atoms with Gasteiger partial charge in [0.25, 0.3) is 0 Å². The summed E-state index contributed by atoms with van der Waals surface area (Å²) < 4.78 is 16.7. The molecule has 0 radical (unpaired) electrons. The Bertz CT molecular complexity index is 783. The van der Waals surface area contributed by atoms with Gasteiger partial charge in [-0.25, -0.2) is 0 Å². The minimum atomic E-state index is -0.760. The van der Waals surface area contributed by atoms with Gasteiger partial charge < -0.3 is 14.2 Å². The highest BCUT2D eigenvalue weighted by atomic mass is 16.6. The number of carbonyl (C=O) groups excluding carboxylic acids is 3. The summed E-state index contributed by atoms with van der Waals surface area (Å²) >= 11 is 0. The Morgan fingerprint density at radius 2 is 0.686 bits per heavy atom. The van der Waals surface area contributed by atoms with Crippen molar-refractivity contribution in [3.05, 3.63) is 0 Å². The fourth-order valence-corrected chi connectivity index (χ4v) is 6.51. The SMILES string of the molecule is CCCCCCCCCCCC(=O)OC[C@@H](COC(=O)CCCCCCCCCCCCC(C)CC)OC(=O)CCCCCCCCC(C)CC. The lowest BCUT2D eigenvalue weighted by Gasteiger charge is -2.18. The second-order valence-electron chi connectivity index (χ2n) is 15.8. The maximum atomic E-state index is 12.7. The molecular weight excluding hydrogens is 636 g/mol. The van der Waals surface area contributed by atoms with E-state index in [-0.39, 0.29) is 31.1 Å². The van der Waals surface area contributed by atoms with Crippen LogP contribution in [0.25, 0.3) is 0 Å². The number of hydrogen-bond donors (Lipinski definition) is 0. The van der Waals surface area contributed by atoms with Crippen LogP contribution in [0.3, 0.4) is 0 Å². The van der Waals surface area contributed by atoms with Crippen LogP contribution in [0.5, 0.6) is 0 Å². The number of hydrogen-bond acceptors (Lipinski definition) is 6. The van der Waals surface area contributed by atoms with Gasteiger partial charge in [-0.15, -0.1) is 0 Å². The fourth-order valence-electron chi connectivity index (χ4n) is 6.51. The van der Waals surface area contributed by atoms with Crippen molar-refractivity contribution in [1.29, 1.82) is 0 Å². The highest BCUT2D eigenvalue weighted by molar-refractivity contribution is 5.71. The first-order valence-corrected chi connectivity index (χ1v) is 22.3. The molecule has 0 spiro atoms. The minimum absolute atomic E-state index is 0.0660. The summed E-state index contributed by atoms with van der Waals surface area (Å²) in [6.07, 6.45) is 35.1. The normalized spacial score (nSPS) is 13.1. The van der Waals surface area contributed by atoms with Crippen molar-refractivity contribution in [3.8, 4) is 0 Å². The average molecular weight is 723 g/mol. The number of esters is 3. The number of carbonyl (C=O) groups is 3. The molecular formula is C45H86O6. The van der Waals surface area contributed by atoms with Gasteiger partial charge in [0.2, 0.25) is 0 Å².